The highest BCUT2D eigenvalue weighted by Crippen LogP contribution is 2.16. The number of rotatable bonds is 5. The third-order valence-corrected chi connectivity index (χ3v) is 2.50. The number of benzene rings is 1. The molecule has 17 heavy (non-hydrogen) atoms. The minimum atomic E-state index is -0.675. The topological polar surface area (TPSA) is 60.8 Å². The first-order chi connectivity index (χ1) is 8.10. The molecule has 0 unspecified atom stereocenters. The van der Waals surface area contributed by atoms with E-state index in [1.54, 1.807) is 0 Å². The fraction of sp³-hybridized carbons (Fsp3) is 0.364. The monoisotopic (exact) mass is 261 g/mol. The van der Waals surface area contributed by atoms with E-state index in [9.17, 15) is 9.18 Å². The van der Waals surface area contributed by atoms with Gasteiger partial charge in [0.25, 0.3) is 5.91 Å². The summed E-state index contributed by atoms with van der Waals surface area (Å²) in [5, 5.41) is 17.5. The van der Waals surface area contributed by atoms with Crippen LogP contribution >= 0.6 is 11.6 Å². The Hall–Kier alpha value is -1.17. The van der Waals surface area contributed by atoms with Gasteiger partial charge in [-0.25, -0.2) is 4.39 Å². The van der Waals surface area contributed by atoms with E-state index in [2.05, 4.69) is 0 Å². The second-order valence-corrected chi connectivity index (χ2v) is 3.78. The van der Waals surface area contributed by atoms with Crippen LogP contribution in [0.2, 0.25) is 5.02 Å². The molecule has 0 aromatic heterocycles. The standard InChI is InChI=1S/C11H13ClFNO3/c12-9-2-1-8(7-10(9)13)11(17)14(3-5-15)4-6-16/h1-2,7,15-16H,3-6H2. The second kappa shape index (κ2) is 6.54. The Bertz CT molecular complexity index is 394. The molecule has 1 aromatic carbocycles. The molecule has 0 saturated heterocycles. The molecule has 0 aliphatic heterocycles. The molecule has 0 heterocycles. The normalized spacial score (nSPS) is 10.4. The minimum Gasteiger partial charge on any atom is -0.395 e. The van der Waals surface area contributed by atoms with Crippen molar-refractivity contribution in [3.8, 4) is 0 Å². The van der Waals surface area contributed by atoms with Gasteiger partial charge in [-0.05, 0) is 18.2 Å². The first-order valence-electron chi connectivity index (χ1n) is 5.06. The first kappa shape index (κ1) is 13.9. The van der Waals surface area contributed by atoms with E-state index in [-0.39, 0.29) is 36.9 Å². The Morgan fingerprint density at radius 2 is 1.88 bits per heavy atom. The molecule has 0 aliphatic rings. The molecule has 1 aromatic rings. The van der Waals surface area contributed by atoms with Crippen molar-refractivity contribution in [3.63, 3.8) is 0 Å². The molecular weight excluding hydrogens is 249 g/mol. The maximum Gasteiger partial charge on any atom is 0.254 e. The molecule has 0 fully saturated rings. The average molecular weight is 262 g/mol. The summed E-state index contributed by atoms with van der Waals surface area (Å²) in [4.78, 5) is 13.1. The molecule has 6 heteroatoms. The van der Waals surface area contributed by atoms with E-state index < -0.39 is 11.7 Å². The molecule has 1 rings (SSSR count). The Balaban J connectivity index is 2.88. The van der Waals surface area contributed by atoms with Gasteiger partial charge in [0, 0.05) is 18.7 Å². The van der Waals surface area contributed by atoms with Crippen LogP contribution in [-0.4, -0.2) is 47.3 Å². The van der Waals surface area contributed by atoms with Gasteiger partial charge < -0.3 is 15.1 Å². The van der Waals surface area contributed by atoms with Crippen molar-refractivity contribution >= 4 is 17.5 Å². The van der Waals surface area contributed by atoms with Crippen molar-refractivity contribution in [2.24, 2.45) is 0 Å². The van der Waals surface area contributed by atoms with E-state index >= 15 is 0 Å². The summed E-state index contributed by atoms with van der Waals surface area (Å²) in [7, 11) is 0. The SMILES string of the molecule is O=C(c1ccc(Cl)c(F)c1)N(CCO)CCO. The zero-order valence-electron chi connectivity index (χ0n) is 9.07. The number of halogens is 2. The van der Waals surface area contributed by atoms with Crippen LogP contribution in [0.1, 0.15) is 10.4 Å². The van der Waals surface area contributed by atoms with Crippen LogP contribution in [0.3, 0.4) is 0 Å². The van der Waals surface area contributed by atoms with Crippen LogP contribution in [0.15, 0.2) is 18.2 Å². The molecule has 0 atom stereocenters. The predicted molar refractivity (Wildman–Crippen MR) is 61.5 cm³/mol. The Morgan fingerprint density at radius 3 is 2.35 bits per heavy atom. The third-order valence-electron chi connectivity index (χ3n) is 2.19. The zero-order valence-corrected chi connectivity index (χ0v) is 9.82. The van der Waals surface area contributed by atoms with E-state index in [0.717, 1.165) is 6.07 Å². The summed E-state index contributed by atoms with van der Waals surface area (Å²) in [6, 6.07) is 3.72. The van der Waals surface area contributed by atoms with Gasteiger partial charge in [-0.15, -0.1) is 0 Å². The Labute approximate surface area is 103 Å². The molecule has 0 aliphatic carbocycles. The first-order valence-corrected chi connectivity index (χ1v) is 5.44. The lowest BCUT2D eigenvalue weighted by Gasteiger charge is -2.20. The maximum absolute atomic E-state index is 13.2. The van der Waals surface area contributed by atoms with Gasteiger partial charge in [0.15, 0.2) is 0 Å². The number of carbonyl (C=O) groups is 1. The number of aliphatic hydroxyl groups is 2. The summed E-state index contributed by atoms with van der Waals surface area (Å²) < 4.78 is 13.2. The highest BCUT2D eigenvalue weighted by Gasteiger charge is 2.16. The smallest absolute Gasteiger partial charge is 0.254 e. The number of aliphatic hydroxyl groups excluding tert-OH is 2. The Kier molecular flexibility index (Phi) is 5.34. The largest absolute Gasteiger partial charge is 0.395 e. The molecule has 2 N–H and O–H groups in total. The molecule has 0 spiro atoms. The number of hydrogen-bond donors (Lipinski definition) is 2. The Morgan fingerprint density at radius 1 is 1.29 bits per heavy atom. The third kappa shape index (κ3) is 3.66. The summed E-state index contributed by atoms with van der Waals surface area (Å²) in [6.07, 6.45) is 0. The molecular formula is C11H13ClFNO3. The number of carbonyl (C=O) groups excluding carboxylic acids is 1. The maximum atomic E-state index is 13.2. The van der Waals surface area contributed by atoms with Crippen LogP contribution in [0, 0.1) is 5.82 Å². The lowest BCUT2D eigenvalue weighted by Crippen LogP contribution is -2.35. The van der Waals surface area contributed by atoms with Crippen molar-refractivity contribution in [2.75, 3.05) is 26.3 Å². The van der Waals surface area contributed by atoms with Gasteiger partial charge in [-0.1, -0.05) is 11.6 Å². The van der Waals surface area contributed by atoms with Crippen molar-refractivity contribution < 1.29 is 19.4 Å². The fourth-order valence-corrected chi connectivity index (χ4v) is 1.49. The predicted octanol–water partition coefficient (Wildman–Crippen LogP) is 0.906. The fourth-order valence-electron chi connectivity index (χ4n) is 1.37. The van der Waals surface area contributed by atoms with Crippen molar-refractivity contribution in [1.82, 2.24) is 4.90 Å². The lowest BCUT2D eigenvalue weighted by molar-refractivity contribution is 0.0684. The van der Waals surface area contributed by atoms with Crippen molar-refractivity contribution in [1.29, 1.82) is 0 Å². The number of nitrogens with zero attached hydrogens (tertiary/aromatic N) is 1. The van der Waals surface area contributed by atoms with E-state index in [0.29, 0.717) is 0 Å². The van der Waals surface area contributed by atoms with E-state index in [1.807, 2.05) is 0 Å². The van der Waals surface area contributed by atoms with Crippen molar-refractivity contribution in [3.05, 3.63) is 34.6 Å². The van der Waals surface area contributed by atoms with E-state index in [4.69, 9.17) is 21.8 Å². The highest BCUT2D eigenvalue weighted by molar-refractivity contribution is 6.30. The van der Waals surface area contributed by atoms with Crippen LogP contribution in [-0.2, 0) is 0 Å². The van der Waals surface area contributed by atoms with Gasteiger partial charge >= 0.3 is 0 Å². The number of hydrogen-bond acceptors (Lipinski definition) is 3. The minimum absolute atomic E-state index is 0.0579. The zero-order chi connectivity index (χ0) is 12.8. The van der Waals surface area contributed by atoms with E-state index in [1.165, 1.54) is 17.0 Å². The quantitative estimate of drug-likeness (QED) is 0.828. The summed E-state index contributed by atoms with van der Waals surface area (Å²) >= 11 is 5.51. The molecule has 0 bridgehead atoms. The van der Waals surface area contributed by atoms with Gasteiger partial charge in [0.05, 0.1) is 18.2 Å². The average Bonchev–Trinajstić information content (AvgIpc) is 2.31. The van der Waals surface area contributed by atoms with Crippen LogP contribution in [0.4, 0.5) is 4.39 Å². The molecule has 4 nitrogen and oxygen atoms in total. The van der Waals surface area contributed by atoms with Crippen LogP contribution < -0.4 is 0 Å². The second-order valence-electron chi connectivity index (χ2n) is 3.37. The summed E-state index contributed by atoms with van der Waals surface area (Å²) in [6.45, 7) is -0.267. The lowest BCUT2D eigenvalue weighted by atomic mass is 10.2. The van der Waals surface area contributed by atoms with Gasteiger partial charge in [-0.3, -0.25) is 4.79 Å². The molecule has 1 amide bonds. The summed E-state index contributed by atoms with van der Waals surface area (Å²) in [5.41, 5.74) is 0.133. The number of amides is 1. The van der Waals surface area contributed by atoms with Crippen LogP contribution in [0.25, 0.3) is 0 Å². The highest BCUT2D eigenvalue weighted by atomic mass is 35.5. The van der Waals surface area contributed by atoms with Crippen molar-refractivity contribution in [2.45, 2.75) is 0 Å². The molecule has 0 radical (unpaired) electrons. The summed E-state index contributed by atoms with van der Waals surface area (Å²) in [5.74, 6) is -1.13. The molecule has 0 saturated carbocycles. The van der Waals surface area contributed by atoms with Crippen LogP contribution in [0.5, 0.6) is 0 Å². The molecule has 94 valence electrons. The van der Waals surface area contributed by atoms with Gasteiger partial charge in [-0.2, -0.15) is 0 Å². The van der Waals surface area contributed by atoms with Gasteiger partial charge in [0.1, 0.15) is 5.82 Å². The van der Waals surface area contributed by atoms with Gasteiger partial charge in [0.2, 0.25) is 0 Å².